The monoisotopic (exact) mass is 487 g/mol. The Morgan fingerprint density at radius 1 is 1.06 bits per heavy atom. The van der Waals surface area contributed by atoms with Crippen LogP contribution < -0.4 is 9.47 Å². The van der Waals surface area contributed by atoms with Gasteiger partial charge in [-0.2, -0.15) is 0 Å². The first-order chi connectivity index (χ1) is 17.0. The molecule has 1 N–H and O–H groups in total. The number of ether oxygens (including phenoxy) is 2. The molecule has 0 atom stereocenters. The summed E-state index contributed by atoms with van der Waals surface area (Å²) in [6.45, 7) is 8.10. The summed E-state index contributed by atoms with van der Waals surface area (Å²) in [4.78, 5) is 16.4. The van der Waals surface area contributed by atoms with E-state index in [0.717, 1.165) is 33.9 Å². The fourth-order valence-corrected chi connectivity index (χ4v) is 5.51. The molecule has 0 aliphatic carbocycles. The summed E-state index contributed by atoms with van der Waals surface area (Å²) in [5, 5.41) is 10.8. The molecule has 0 unspecified atom stereocenters. The summed E-state index contributed by atoms with van der Waals surface area (Å²) in [6, 6.07) is 20.1. The second-order valence-corrected chi connectivity index (χ2v) is 10.1. The summed E-state index contributed by atoms with van der Waals surface area (Å²) in [6.07, 6.45) is 1.25. The fourth-order valence-electron chi connectivity index (χ4n) is 4.39. The zero-order valence-corrected chi connectivity index (χ0v) is 20.8. The maximum atomic E-state index is 13.5. The van der Waals surface area contributed by atoms with Gasteiger partial charge in [-0.1, -0.05) is 37.6 Å². The largest absolute Gasteiger partial charge is 0.508 e. The van der Waals surface area contributed by atoms with Gasteiger partial charge in [-0.15, -0.1) is 11.3 Å². The smallest absolute Gasteiger partial charge is 0.207 e. The molecule has 1 aromatic heterocycles. The number of rotatable bonds is 9. The second-order valence-electron chi connectivity index (χ2n) is 9.04. The number of ketones is 1. The lowest BCUT2D eigenvalue weighted by molar-refractivity contribution is 0.0806. The maximum Gasteiger partial charge on any atom is 0.207 e. The van der Waals surface area contributed by atoms with Crippen molar-refractivity contribution in [2.45, 2.75) is 20.3 Å². The number of phenolic OH excluding ortho intramolecular Hbond substituents is 1. The minimum Gasteiger partial charge on any atom is -0.508 e. The summed E-state index contributed by atoms with van der Waals surface area (Å²) in [5.74, 6) is 2.83. The van der Waals surface area contributed by atoms with Crippen molar-refractivity contribution < 1.29 is 19.4 Å². The molecule has 1 saturated heterocycles. The molecule has 3 aromatic carbocycles. The van der Waals surface area contributed by atoms with Crippen LogP contribution in [0.2, 0.25) is 0 Å². The van der Waals surface area contributed by atoms with Crippen LogP contribution in [-0.2, 0) is 0 Å². The number of aromatic hydroxyl groups is 1. The van der Waals surface area contributed by atoms with Crippen molar-refractivity contribution in [1.29, 1.82) is 0 Å². The van der Waals surface area contributed by atoms with E-state index < -0.39 is 0 Å². The van der Waals surface area contributed by atoms with E-state index in [4.69, 9.17) is 9.47 Å². The molecule has 0 amide bonds. The van der Waals surface area contributed by atoms with Gasteiger partial charge in [0.05, 0.1) is 0 Å². The van der Waals surface area contributed by atoms with Crippen LogP contribution in [0.1, 0.15) is 34.1 Å². The highest BCUT2D eigenvalue weighted by molar-refractivity contribution is 7.21. The summed E-state index contributed by atoms with van der Waals surface area (Å²) in [5.41, 5.74) is 1.55. The second kappa shape index (κ2) is 10.1. The Bertz CT molecular complexity index is 1340. The average Bonchev–Trinajstić information content (AvgIpc) is 3.18. The standard InChI is InChI=1S/C29H29NO4S/c1-3-20-17-30(18-20)14-15-33-22-9-11-23(12-10-22)34-28-25-13-8-21(31)16-26(25)35-29(28)27(32)24-7-5-4-6-19(24)2/h4-13,16,20,31H,3,14-15,17-18H2,1-2H3. The molecule has 1 fully saturated rings. The van der Waals surface area contributed by atoms with Gasteiger partial charge in [0.1, 0.15) is 28.7 Å². The molecular weight excluding hydrogens is 458 g/mol. The van der Waals surface area contributed by atoms with E-state index in [2.05, 4.69) is 11.8 Å². The third kappa shape index (κ3) is 5.04. The number of phenols is 1. The minimum absolute atomic E-state index is 0.0879. The number of thiophene rings is 1. The average molecular weight is 488 g/mol. The van der Waals surface area contributed by atoms with E-state index in [1.807, 2.05) is 55.5 Å². The number of fused-ring (bicyclic) bond motifs is 1. The predicted octanol–water partition coefficient (Wildman–Crippen LogP) is 6.66. The van der Waals surface area contributed by atoms with Gasteiger partial charge in [-0.05, 0) is 60.9 Å². The first-order valence-corrected chi connectivity index (χ1v) is 12.8. The van der Waals surface area contributed by atoms with Gasteiger partial charge in [0.25, 0.3) is 0 Å². The van der Waals surface area contributed by atoms with Crippen molar-refractivity contribution in [3.8, 4) is 23.0 Å². The third-order valence-electron chi connectivity index (χ3n) is 6.55. The first kappa shape index (κ1) is 23.4. The van der Waals surface area contributed by atoms with E-state index in [-0.39, 0.29) is 11.5 Å². The number of benzene rings is 3. The van der Waals surface area contributed by atoms with E-state index in [0.29, 0.717) is 28.5 Å². The maximum absolute atomic E-state index is 13.5. The van der Waals surface area contributed by atoms with Crippen LogP contribution in [0.3, 0.4) is 0 Å². The Balaban J connectivity index is 1.34. The number of likely N-dealkylation sites (tertiary alicyclic amines) is 1. The van der Waals surface area contributed by atoms with Crippen LogP contribution in [0.25, 0.3) is 10.1 Å². The van der Waals surface area contributed by atoms with Gasteiger partial charge in [-0.25, -0.2) is 0 Å². The normalized spacial score (nSPS) is 14.1. The topological polar surface area (TPSA) is 59.0 Å². The van der Waals surface area contributed by atoms with Gasteiger partial charge < -0.3 is 14.6 Å². The Kier molecular flexibility index (Phi) is 6.75. The summed E-state index contributed by atoms with van der Waals surface area (Å²) >= 11 is 1.33. The van der Waals surface area contributed by atoms with Crippen molar-refractivity contribution >= 4 is 27.2 Å². The lowest BCUT2D eigenvalue weighted by Crippen LogP contribution is -2.47. The molecule has 4 aromatic rings. The molecule has 180 valence electrons. The van der Waals surface area contributed by atoms with Crippen molar-refractivity contribution in [1.82, 2.24) is 4.90 Å². The quantitative estimate of drug-likeness (QED) is 0.268. The lowest BCUT2D eigenvalue weighted by atomic mass is 9.98. The van der Waals surface area contributed by atoms with E-state index >= 15 is 0 Å². The van der Waals surface area contributed by atoms with Crippen molar-refractivity contribution in [3.63, 3.8) is 0 Å². The number of carbonyl (C=O) groups is 1. The third-order valence-corrected chi connectivity index (χ3v) is 7.69. The molecule has 0 spiro atoms. The molecular formula is C29H29NO4S. The van der Waals surface area contributed by atoms with Crippen LogP contribution >= 0.6 is 11.3 Å². The molecule has 1 aliphatic rings. The van der Waals surface area contributed by atoms with Crippen molar-refractivity contribution in [2.75, 3.05) is 26.2 Å². The SMILES string of the molecule is CCC1CN(CCOc2ccc(Oc3c(C(=O)c4ccccc4C)sc4cc(O)ccc34)cc2)C1. The molecule has 5 rings (SSSR count). The van der Waals surface area contributed by atoms with Crippen LogP contribution in [0.5, 0.6) is 23.0 Å². The van der Waals surface area contributed by atoms with Crippen molar-refractivity contribution in [2.24, 2.45) is 5.92 Å². The Morgan fingerprint density at radius 3 is 2.54 bits per heavy atom. The van der Waals surface area contributed by atoms with E-state index in [1.54, 1.807) is 18.2 Å². The van der Waals surface area contributed by atoms with Crippen LogP contribution in [0.15, 0.2) is 66.7 Å². The molecule has 5 nitrogen and oxygen atoms in total. The number of hydrogen-bond donors (Lipinski definition) is 1. The lowest BCUT2D eigenvalue weighted by Gasteiger charge is -2.38. The van der Waals surface area contributed by atoms with Crippen LogP contribution in [-0.4, -0.2) is 42.0 Å². The van der Waals surface area contributed by atoms with Gasteiger partial charge in [-0.3, -0.25) is 9.69 Å². The Hall–Kier alpha value is -3.35. The van der Waals surface area contributed by atoms with Gasteiger partial charge >= 0.3 is 0 Å². The van der Waals surface area contributed by atoms with E-state index in [1.165, 1.54) is 30.8 Å². The molecule has 6 heteroatoms. The molecule has 0 bridgehead atoms. The predicted molar refractivity (Wildman–Crippen MR) is 140 cm³/mol. The van der Waals surface area contributed by atoms with Gasteiger partial charge in [0, 0.05) is 35.3 Å². The molecule has 0 radical (unpaired) electrons. The number of hydrogen-bond acceptors (Lipinski definition) is 6. The molecule has 2 heterocycles. The van der Waals surface area contributed by atoms with Gasteiger partial charge in [0.15, 0.2) is 5.75 Å². The zero-order chi connectivity index (χ0) is 24.4. The fraction of sp³-hybridized carbons (Fsp3) is 0.276. The molecule has 0 saturated carbocycles. The molecule has 1 aliphatic heterocycles. The van der Waals surface area contributed by atoms with Crippen LogP contribution in [0, 0.1) is 12.8 Å². The highest BCUT2D eigenvalue weighted by Gasteiger charge is 2.25. The van der Waals surface area contributed by atoms with Crippen LogP contribution in [0.4, 0.5) is 0 Å². The highest BCUT2D eigenvalue weighted by atomic mass is 32.1. The summed E-state index contributed by atoms with van der Waals surface area (Å²) in [7, 11) is 0. The highest BCUT2D eigenvalue weighted by Crippen LogP contribution is 2.43. The number of carbonyl (C=O) groups excluding carboxylic acids is 1. The molecule has 35 heavy (non-hydrogen) atoms. The number of aryl methyl sites for hydroxylation is 1. The number of nitrogens with zero attached hydrogens (tertiary/aromatic N) is 1. The first-order valence-electron chi connectivity index (χ1n) is 12.0. The Labute approximate surface area is 209 Å². The minimum atomic E-state index is -0.0879. The Morgan fingerprint density at radius 2 is 1.80 bits per heavy atom. The summed E-state index contributed by atoms with van der Waals surface area (Å²) < 4.78 is 13.0. The van der Waals surface area contributed by atoms with E-state index in [9.17, 15) is 9.90 Å². The van der Waals surface area contributed by atoms with Gasteiger partial charge in [0.2, 0.25) is 5.78 Å². The van der Waals surface area contributed by atoms with Crippen molar-refractivity contribution in [3.05, 3.63) is 82.7 Å². The zero-order valence-electron chi connectivity index (χ0n) is 20.0.